The molecule has 0 amide bonds. The van der Waals surface area contributed by atoms with Crippen LogP contribution in [0.1, 0.15) is 13.8 Å². The van der Waals surface area contributed by atoms with Gasteiger partial charge in [-0.15, -0.1) is 0 Å². The van der Waals surface area contributed by atoms with Gasteiger partial charge in [0.2, 0.25) is 5.60 Å². The summed E-state index contributed by atoms with van der Waals surface area (Å²) >= 11 is 0. The van der Waals surface area contributed by atoms with Crippen molar-refractivity contribution in [2.75, 3.05) is 0 Å². The molecule has 1 heterocycles. The van der Waals surface area contributed by atoms with E-state index in [1.807, 2.05) is 0 Å². The van der Waals surface area contributed by atoms with E-state index in [1.165, 1.54) is 15.9 Å². The topological polar surface area (TPSA) is 29.6 Å². The van der Waals surface area contributed by atoms with Gasteiger partial charge in [-0.1, -0.05) is 97.3 Å². The highest BCUT2D eigenvalue weighted by atomic mass is 31.2. The van der Waals surface area contributed by atoms with Gasteiger partial charge in [-0.3, -0.25) is 0 Å². The summed E-state index contributed by atoms with van der Waals surface area (Å²) in [5, 5.41) is 3.95. The molecular formula is C23H23O2P. The third kappa shape index (κ3) is 3.81. The summed E-state index contributed by atoms with van der Waals surface area (Å²) < 4.78 is 4.47. The van der Waals surface area contributed by atoms with Gasteiger partial charge in [-0.05, 0) is 36.6 Å². The Bertz CT molecular complexity index is 813. The molecule has 1 aliphatic heterocycles. The molecule has 3 aromatic carbocycles. The fourth-order valence-corrected chi connectivity index (χ4v) is 5.64. The molecule has 3 heteroatoms. The third-order valence-corrected chi connectivity index (χ3v) is 7.93. The maximum Gasteiger partial charge on any atom is 0.351 e. The fraction of sp³-hybridized carbons (Fsp3) is 0.130. The normalized spacial score (nSPS) is 14.6. The monoisotopic (exact) mass is 362 g/mol. The Morgan fingerprint density at radius 2 is 0.923 bits per heavy atom. The molecule has 0 radical (unpaired) electrons. The van der Waals surface area contributed by atoms with Crippen molar-refractivity contribution in [2.24, 2.45) is 0 Å². The van der Waals surface area contributed by atoms with Crippen LogP contribution in [-0.2, 0) is 9.53 Å². The molecule has 1 saturated heterocycles. The first-order valence-electron chi connectivity index (χ1n) is 8.58. The lowest BCUT2D eigenvalue weighted by Crippen LogP contribution is -2.25. The van der Waals surface area contributed by atoms with Crippen LogP contribution in [-0.4, -0.2) is 17.9 Å². The smallest absolute Gasteiger partial charge is 0.351 e. The second kappa shape index (κ2) is 7.35. The van der Waals surface area contributed by atoms with E-state index in [2.05, 4.69) is 95.7 Å². The van der Waals surface area contributed by atoms with Crippen molar-refractivity contribution in [3.05, 3.63) is 91.0 Å². The number of carbonyl (C=O) groups is 1. The zero-order valence-electron chi connectivity index (χ0n) is 15.1. The lowest BCUT2D eigenvalue weighted by molar-refractivity contribution is -0.117. The van der Waals surface area contributed by atoms with E-state index in [1.54, 1.807) is 13.8 Å². The Kier molecular flexibility index (Phi) is 5.15. The summed E-state index contributed by atoms with van der Waals surface area (Å²) in [6.07, 6.45) is 4.69. The summed E-state index contributed by atoms with van der Waals surface area (Å²) in [7, 11) is 0. The average Bonchev–Trinajstić information content (AvgIpc) is 3.26. The van der Waals surface area contributed by atoms with Gasteiger partial charge in [0.25, 0.3) is 0 Å². The zero-order valence-corrected chi connectivity index (χ0v) is 16.0. The summed E-state index contributed by atoms with van der Waals surface area (Å²) in [5.41, 5.74) is -0.431. The number of ether oxygens (including phenoxy) is 1. The SMILES string of the molecule is C=P(c1ccccc1)(c1ccccc1)c1ccccc1.CC1(C)OC1=O. The van der Waals surface area contributed by atoms with Gasteiger partial charge in [0.05, 0.1) is 0 Å². The van der Waals surface area contributed by atoms with Crippen LogP contribution in [0.3, 0.4) is 0 Å². The summed E-state index contributed by atoms with van der Waals surface area (Å²) in [6.45, 7) is 1.71. The molecule has 0 bridgehead atoms. The van der Waals surface area contributed by atoms with Crippen molar-refractivity contribution >= 4 is 35.1 Å². The number of carbonyl (C=O) groups excluding carboxylic acids is 1. The molecule has 1 aliphatic rings. The Morgan fingerprint density at radius 1 is 0.692 bits per heavy atom. The molecule has 3 aromatic rings. The predicted octanol–water partition coefficient (Wildman–Crippen LogP) is 3.73. The van der Waals surface area contributed by atoms with Crippen LogP contribution >= 0.6 is 6.89 Å². The van der Waals surface area contributed by atoms with E-state index >= 15 is 0 Å². The van der Waals surface area contributed by atoms with E-state index in [9.17, 15) is 4.79 Å². The maximum atomic E-state index is 9.99. The van der Waals surface area contributed by atoms with Gasteiger partial charge >= 0.3 is 5.97 Å². The molecule has 0 N–H and O–H groups in total. The Morgan fingerprint density at radius 3 is 1.12 bits per heavy atom. The van der Waals surface area contributed by atoms with Crippen molar-refractivity contribution in [1.29, 1.82) is 0 Å². The van der Waals surface area contributed by atoms with Gasteiger partial charge in [-0.2, -0.15) is 0 Å². The third-order valence-electron chi connectivity index (χ3n) is 4.39. The van der Waals surface area contributed by atoms with Crippen LogP contribution in [0.15, 0.2) is 91.0 Å². The van der Waals surface area contributed by atoms with Crippen LogP contribution < -0.4 is 15.9 Å². The molecule has 26 heavy (non-hydrogen) atoms. The zero-order chi connectivity index (χ0) is 18.6. The molecule has 0 unspecified atom stereocenters. The number of epoxide rings is 1. The number of cyclic esters (lactones) is 1. The molecule has 0 atom stereocenters. The minimum Gasteiger partial charge on any atom is -0.445 e. The van der Waals surface area contributed by atoms with Gasteiger partial charge in [-0.25, -0.2) is 4.79 Å². The van der Waals surface area contributed by atoms with E-state index < -0.39 is 12.5 Å². The molecule has 0 saturated carbocycles. The van der Waals surface area contributed by atoms with Gasteiger partial charge < -0.3 is 4.74 Å². The van der Waals surface area contributed by atoms with E-state index in [-0.39, 0.29) is 5.97 Å². The summed E-state index contributed by atoms with van der Waals surface area (Å²) in [6, 6.07) is 31.9. The molecule has 1 fully saturated rings. The van der Waals surface area contributed by atoms with Crippen LogP contribution in [0.4, 0.5) is 0 Å². The highest BCUT2D eigenvalue weighted by Gasteiger charge is 2.48. The van der Waals surface area contributed by atoms with E-state index in [0.717, 1.165) is 0 Å². The first-order valence-corrected chi connectivity index (χ1v) is 10.6. The highest BCUT2D eigenvalue weighted by molar-refractivity contribution is 7.93. The first kappa shape index (κ1) is 18.2. The number of benzene rings is 3. The molecule has 0 aromatic heterocycles. The largest absolute Gasteiger partial charge is 0.445 e. The van der Waals surface area contributed by atoms with Crippen LogP contribution in [0, 0.1) is 0 Å². The van der Waals surface area contributed by atoms with Crippen molar-refractivity contribution in [3.63, 3.8) is 0 Å². The second-order valence-electron chi connectivity index (χ2n) is 6.72. The number of hydrogen-bond donors (Lipinski definition) is 0. The van der Waals surface area contributed by atoms with Gasteiger partial charge in [0, 0.05) is 0 Å². The predicted molar refractivity (Wildman–Crippen MR) is 112 cm³/mol. The second-order valence-corrected chi connectivity index (χ2v) is 9.88. The van der Waals surface area contributed by atoms with Crippen LogP contribution in [0.2, 0.25) is 0 Å². The van der Waals surface area contributed by atoms with E-state index in [0.29, 0.717) is 0 Å². The van der Waals surface area contributed by atoms with Gasteiger partial charge in [0.1, 0.15) is 0 Å². The van der Waals surface area contributed by atoms with Crippen LogP contribution in [0.25, 0.3) is 0 Å². The lowest BCUT2D eigenvalue weighted by atomic mass is 10.2. The molecule has 4 rings (SSSR count). The highest BCUT2D eigenvalue weighted by Crippen LogP contribution is 2.41. The summed E-state index contributed by atoms with van der Waals surface area (Å²) in [5.74, 6) is -0.0949. The number of hydrogen-bond acceptors (Lipinski definition) is 2. The van der Waals surface area contributed by atoms with Crippen molar-refractivity contribution in [1.82, 2.24) is 0 Å². The minimum atomic E-state index is -1.78. The van der Waals surface area contributed by atoms with Crippen molar-refractivity contribution in [3.8, 4) is 0 Å². The maximum absolute atomic E-state index is 9.99. The fourth-order valence-electron chi connectivity index (χ4n) is 2.70. The van der Waals surface area contributed by atoms with E-state index in [4.69, 9.17) is 6.30 Å². The lowest BCUT2D eigenvalue weighted by Gasteiger charge is -2.26. The minimum absolute atomic E-state index is 0.0949. The Hall–Kier alpha value is -2.57. The molecule has 0 spiro atoms. The quantitative estimate of drug-likeness (QED) is 0.525. The Labute approximate surface area is 155 Å². The summed E-state index contributed by atoms with van der Waals surface area (Å²) in [4.78, 5) is 9.99. The van der Waals surface area contributed by atoms with Crippen molar-refractivity contribution in [2.45, 2.75) is 19.4 Å². The molecule has 0 aliphatic carbocycles. The molecular weight excluding hydrogens is 339 g/mol. The Balaban J connectivity index is 0.000000278. The first-order chi connectivity index (χ1) is 12.4. The number of rotatable bonds is 3. The van der Waals surface area contributed by atoms with Gasteiger partial charge in [0.15, 0.2) is 0 Å². The van der Waals surface area contributed by atoms with Crippen LogP contribution in [0.5, 0.6) is 0 Å². The average molecular weight is 362 g/mol. The standard InChI is InChI=1S/C19H17P.C4H6O2/c1-20(17-11-5-2-6-12-17,18-13-7-3-8-14-18)19-15-9-4-10-16-19;1-4(2)3(5)6-4/h2-16H,1H2;1-2H3. The molecule has 132 valence electrons. The van der Waals surface area contributed by atoms with Crippen molar-refractivity contribution < 1.29 is 9.53 Å². The molecule has 2 nitrogen and oxygen atoms in total.